The third-order valence-corrected chi connectivity index (χ3v) is 6.57. The van der Waals surface area contributed by atoms with Crippen molar-refractivity contribution in [1.29, 1.82) is 0 Å². The second-order valence-corrected chi connectivity index (χ2v) is 9.76. The van der Waals surface area contributed by atoms with Crippen molar-refractivity contribution >= 4 is 5.91 Å². The third kappa shape index (κ3) is 6.43. The molecule has 8 nitrogen and oxygen atoms in total. The van der Waals surface area contributed by atoms with Crippen molar-refractivity contribution in [3.63, 3.8) is 0 Å². The summed E-state index contributed by atoms with van der Waals surface area (Å²) in [5, 5.41) is 7.47. The number of ether oxygens (including phenoxy) is 2. The molecule has 4 rings (SSSR count). The molecule has 1 saturated heterocycles. The first kappa shape index (κ1) is 25.7. The minimum atomic E-state index is -0.0645. The van der Waals surface area contributed by atoms with Gasteiger partial charge in [-0.3, -0.25) is 9.69 Å². The Morgan fingerprint density at radius 3 is 2.64 bits per heavy atom. The number of rotatable bonds is 10. The van der Waals surface area contributed by atoms with Gasteiger partial charge in [0.1, 0.15) is 0 Å². The molecule has 1 amide bonds. The molecular formula is C28H36N4O4. The summed E-state index contributed by atoms with van der Waals surface area (Å²) >= 11 is 0. The van der Waals surface area contributed by atoms with Gasteiger partial charge in [0.2, 0.25) is 17.6 Å². The molecule has 1 aliphatic rings. The molecule has 0 spiro atoms. The van der Waals surface area contributed by atoms with Gasteiger partial charge in [-0.1, -0.05) is 49.3 Å². The number of hydrogen-bond acceptors (Lipinski definition) is 7. The van der Waals surface area contributed by atoms with Crippen LogP contribution >= 0.6 is 0 Å². The van der Waals surface area contributed by atoms with Crippen LogP contribution in [-0.2, 0) is 11.3 Å². The van der Waals surface area contributed by atoms with Gasteiger partial charge in [-0.05, 0) is 55.5 Å². The van der Waals surface area contributed by atoms with Crippen molar-refractivity contribution in [3.05, 3.63) is 60.0 Å². The zero-order valence-electron chi connectivity index (χ0n) is 21.6. The molecule has 1 fully saturated rings. The highest BCUT2D eigenvalue weighted by Gasteiger charge is 2.29. The Kier molecular flexibility index (Phi) is 8.59. The van der Waals surface area contributed by atoms with Crippen LogP contribution in [0, 0.1) is 11.8 Å². The van der Waals surface area contributed by atoms with E-state index in [9.17, 15) is 4.79 Å². The summed E-state index contributed by atoms with van der Waals surface area (Å²) in [5.41, 5.74) is 1.94. The van der Waals surface area contributed by atoms with Crippen LogP contribution in [0.25, 0.3) is 11.4 Å². The predicted molar refractivity (Wildman–Crippen MR) is 138 cm³/mol. The zero-order valence-corrected chi connectivity index (χ0v) is 21.6. The summed E-state index contributed by atoms with van der Waals surface area (Å²) in [6.45, 7) is 6.45. The fraction of sp³-hybridized carbons (Fsp3) is 0.464. The molecule has 1 N–H and O–H groups in total. The lowest BCUT2D eigenvalue weighted by Crippen LogP contribution is -2.43. The molecule has 2 unspecified atom stereocenters. The monoisotopic (exact) mass is 492 g/mol. The first-order valence-corrected chi connectivity index (χ1v) is 12.6. The Morgan fingerprint density at radius 2 is 1.92 bits per heavy atom. The standard InChI is InChI=1S/C28H36N4O4/c1-19(2)15-23(20-9-6-5-7-10-20)29-28(33)22-11-8-14-32(17-22)18-26-30-27(31-36-26)21-12-13-24(34-3)25(16-21)35-4/h5-7,9-10,12-13,16,19,22-23H,8,11,14-15,17-18H2,1-4H3,(H,29,33). The van der Waals surface area contributed by atoms with Gasteiger partial charge in [0.05, 0.1) is 32.7 Å². The maximum atomic E-state index is 13.3. The number of likely N-dealkylation sites (tertiary alicyclic amines) is 1. The minimum absolute atomic E-state index is 0.0223. The van der Waals surface area contributed by atoms with Gasteiger partial charge in [0.25, 0.3) is 0 Å². The van der Waals surface area contributed by atoms with Crippen LogP contribution < -0.4 is 14.8 Å². The van der Waals surface area contributed by atoms with E-state index in [4.69, 9.17) is 14.0 Å². The topological polar surface area (TPSA) is 89.7 Å². The third-order valence-electron chi connectivity index (χ3n) is 6.57. The van der Waals surface area contributed by atoms with Crippen LogP contribution in [0.3, 0.4) is 0 Å². The van der Waals surface area contributed by atoms with Gasteiger partial charge in [-0.25, -0.2) is 0 Å². The van der Waals surface area contributed by atoms with E-state index < -0.39 is 0 Å². The Hall–Kier alpha value is -3.39. The van der Waals surface area contributed by atoms with Crippen molar-refractivity contribution in [2.45, 2.75) is 45.7 Å². The Bertz CT molecular complexity index is 1130. The van der Waals surface area contributed by atoms with E-state index in [1.807, 2.05) is 36.4 Å². The van der Waals surface area contributed by atoms with Crippen LogP contribution in [0.2, 0.25) is 0 Å². The fourth-order valence-electron chi connectivity index (χ4n) is 4.74. The quantitative estimate of drug-likeness (QED) is 0.432. The van der Waals surface area contributed by atoms with Crippen molar-refractivity contribution in [2.75, 3.05) is 27.3 Å². The van der Waals surface area contributed by atoms with E-state index in [-0.39, 0.29) is 17.9 Å². The lowest BCUT2D eigenvalue weighted by molar-refractivity contribution is -0.127. The number of methoxy groups -OCH3 is 2. The van der Waals surface area contributed by atoms with Gasteiger partial charge in [-0.2, -0.15) is 4.98 Å². The molecule has 0 radical (unpaired) electrons. The van der Waals surface area contributed by atoms with Crippen LogP contribution in [0.1, 0.15) is 50.6 Å². The van der Waals surface area contributed by atoms with E-state index in [2.05, 4.69) is 46.3 Å². The molecular weight excluding hydrogens is 456 g/mol. The molecule has 0 bridgehead atoms. The van der Waals surface area contributed by atoms with Crippen LogP contribution in [0.5, 0.6) is 11.5 Å². The average Bonchev–Trinajstić information content (AvgIpc) is 3.36. The number of carbonyl (C=O) groups excluding carboxylic acids is 1. The van der Waals surface area contributed by atoms with Gasteiger partial charge in [-0.15, -0.1) is 0 Å². The highest BCUT2D eigenvalue weighted by Crippen LogP contribution is 2.31. The van der Waals surface area contributed by atoms with E-state index in [0.29, 0.717) is 42.2 Å². The van der Waals surface area contributed by atoms with Crippen molar-refractivity contribution < 1.29 is 18.8 Å². The van der Waals surface area contributed by atoms with Crippen LogP contribution in [0.15, 0.2) is 53.1 Å². The van der Waals surface area contributed by atoms with Crippen molar-refractivity contribution in [2.24, 2.45) is 11.8 Å². The molecule has 3 aromatic rings. The van der Waals surface area contributed by atoms with Gasteiger partial charge in [0, 0.05) is 12.1 Å². The first-order chi connectivity index (χ1) is 17.5. The van der Waals surface area contributed by atoms with Crippen LogP contribution in [-0.4, -0.2) is 48.3 Å². The number of nitrogens with one attached hydrogen (secondary N) is 1. The Balaban J connectivity index is 1.38. The zero-order chi connectivity index (χ0) is 25.5. The van der Waals surface area contributed by atoms with E-state index in [1.54, 1.807) is 14.2 Å². The lowest BCUT2D eigenvalue weighted by atomic mass is 9.93. The number of carbonyl (C=O) groups is 1. The number of hydrogen-bond donors (Lipinski definition) is 1. The number of aromatic nitrogens is 2. The highest BCUT2D eigenvalue weighted by atomic mass is 16.5. The Morgan fingerprint density at radius 1 is 1.14 bits per heavy atom. The molecule has 0 aliphatic carbocycles. The first-order valence-electron chi connectivity index (χ1n) is 12.6. The molecule has 2 atom stereocenters. The number of piperidine rings is 1. The van der Waals surface area contributed by atoms with E-state index in [0.717, 1.165) is 36.9 Å². The molecule has 2 heterocycles. The minimum Gasteiger partial charge on any atom is -0.493 e. The smallest absolute Gasteiger partial charge is 0.241 e. The number of nitrogens with zero attached hydrogens (tertiary/aromatic N) is 3. The Labute approximate surface area is 213 Å². The average molecular weight is 493 g/mol. The summed E-state index contributed by atoms with van der Waals surface area (Å²) in [6.07, 6.45) is 2.74. The maximum absolute atomic E-state index is 13.3. The summed E-state index contributed by atoms with van der Waals surface area (Å²) in [7, 11) is 3.19. The van der Waals surface area contributed by atoms with Crippen LogP contribution in [0.4, 0.5) is 0 Å². The number of amides is 1. The second-order valence-electron chi connectivity index (χ2n) is 9.76. The molecule has 2 aromatic carbocycles. The second kappa shape index (κ2) is 12.0. The SMILES string of the molecule is COc1ccc(-c2noc(CN3CCCC(C(=O)NC(CC(C)C)c4ccccc4)C3)n2)cc1OC. The molecule has 1 aromatic heterocycles. The molecule has 1 aliphatic heterocycles. The fourth-order valence-corrected chi connectivity index (χ4v) is 4.74. The normalized spacial score (nSPS) is 17.1. The maximum Gasteiger partial charge on any atom is 0.241 e. The van der Waals surface area contributed by atoms with Gasteiger partial charge >= 0.3 is 0 Å². The highest BCUT2D eigenvalue weighted by molar-refractivity contribution is 5.79. The largest absolute Gasteiger partial charge is 0.493 e. The van der Waals surface area contributed by atoms with Crippen molar-refractivity contribution in [1.82, 2.24) is 20.4 Å². The molecule has 0 saturated carbocycles. The lowest BCUT2D eigenvalue weighted by Gasteiger charge is -2.32. The molecule has 8 heteroatoms. The van der Waals surface area contributed by atoms with Gasteiger partial charge in [0.15, 0.2) is 11.5 Å². The summed E-state index contributed by atoms with van der Waals surface area (Å²) < 4.78 is 16.2. The predicted octanol–water partition coefficient (Wildman–Crippen LogP) is 4.87. The van der Waals surface area contributed by atoms with E-state index in [1.165, 1.54) is 0 Å². The number of benzene rings is 2. The van der Waals surface area contributed by atoms with Crippen molar-refractivity contribution in [3.8, 4) is 22.9 Å². The van der Waals surface area contributed by atoms with Gasteiger partial charge < -0.3 is 19.3 Å². The van der Waals surface area contributed by atoms with E-state index >= 15 is 0 Å². The summed E-state index contributed by atoms with van der Waals surface area (Å²) in [6, 6.07) is 15.8. The summed E-state index contributed by atoms with van der Waals surface area (Å²) in [5.74, 6) is 2.81. The molecule has 192 valence electrons. The molecule has 36 heavy (non-hydrogen) atoms. The summed E-state index contributed by atoms with van der Waals surface area (Å²) in [4.78, 5) is 20.1.